The van der Waals surface area contributed by atoms with E-state index < -0.39 is 0 Å². The Labute approximate surface area is 129 Å². The largest absolute Gasteiger partial charge is 0.367 e. The summed E-state index contributed by atoms with van der Waals surface area (Å²) in [6.07, 6.45) is 2.43. The lowest BCUT2D eigenvalue weighted by atomic mass is 10.1. The van der Waals surface area contributed by atoms with E-state index in [1.165, 1.54) is 17.7 Å². The van der Waals surface area contributed by atoms with Gasteiger partial charge in [-0.3, -0.25) is 0 Å². The van der Waals surface area contributed by atoms with Crippen molar-refractivity contribution in [3.05, 3.63) is 52.0 Å². The zero-order valence-corrected chi connectivity index (χ0v) is 13.3. The summed E-state index contributed by atoms with van der Waals surface area (Å²) in [4.78, 5) is 3.46. The molecule has 1 N–H and O–H groups in total. The average Bonchev–Trinajstić information content (AvgIpc) is 3.15. The van der Waals surface area contributed by atoms with Crippen molar-refractivity contribution in [1.29, 1.82) is 0 Å². The smallest absolute Gasteiger partial charge is 0.129 e. The second-order valence-corrected chi connectivity index (χ2v) is 6.67. The van der Waals surface area contributed by atoms with Crippen LogP contribution in [0, 0.1) is 5.82 Å². The first-order chi connectivity index (χ1) is 10.2. The lowest BCUT2D eigenvalue weighted by Crippen LogP contribution is -2.25. The van der Waals surface area contributed by atoms with Crippen molar-refractivity contribution >= 4 is 17.0 Å². The molecule has 2 nitrogen and oxygen atoms in total. The van der Waals surface area contributed by atoms with E-state index in [1.54, 1.807) is 23.5 Å². The van der Waals surface area contributed by atoms with Crippen molar-refractivity contribution in [2.75, 3.05) is 11.9 Å². The first-order valence-corrected chi connectivity index (χ1v) is 8.32. The number of hydrogen-bond donors (Lipinski definition) is 1. The van der Waals surface area contributed by atoms with Crippen LogP contribution in [0.25, 0.3) is 0 Å². The van der Waals surface area contributed by atoms with Crippen LogP contribution in [0.15, 0.2) is 35.7 Å². The highest BCUT2D eigenvalue weighted by atomic mass is 32.1. The molecule has 0 amide bonds. The van der Waals surface area contributed by atoms with Gasteiger partial charge in [-0.2, -0.15) is 0 Å². The van der Waals surface area contributed by atoms with Gasteiger partial charge in [-0.1, -0.05) is 12.1 Å². The van der Waals surface area contributed by atoms with Crippen molar-refractivity contribution in [2.24, 2.45) is 0 Å². The fraction of sp³-hybridized carbons (Fsp3) is 0.412. The molecule has 0 saturated heterocycles. The predicted molar refractivity (Wildman–Crippen MR) is 87.4 cm³/mol. The van der Waals surface area contributed by atoms with Gasteiger partial charge in [0.2, 0.25) is 0 Å². The number of halogens is 1. The second kappa shape index (κ2) is 6.16. The van der Waals surface area contributed by atoms with Crippen LogP contribution in [0.2, 0.25) is 0 Å². The molecule has 0 bridgehead atoms. The van der Waals surface area contributed by atoms with Crippen LogP contribution in [0.5, 0.6) is 0 Å². The Bertz CT molecular complexity index is 593. The monoisotopic (exact) mass is 304 g/mol. The van der Waals surface area contributed by atoms with Gasteiger partial charge in [0.25, 0.3) is 0 Å². The molecule has 0 aliphatic heterocycles. The molecule has 4 heteroatoms. The van der Waals surface area contributed by atoms with Gasteiger partial charge in [0.1, 0.15) is 5.82 Å². The van der Waals surface area contributed by atoms with Gasteiger partial charge in [-0.25, -0.2) is 4.39 Å². The molecule has 1 fully saturated rings. The summed E-state index contributed by atoms with van der Waals surface area (Å²) < 4.78 is 14.2. The van der Waals surface area contributed by atoms with Gasteiger partial charge >= 0.3 is 0 Å². The molecule has 1 aliphatic carbocycles. The predicted octanol–water partition coefficient (Wildman–Crippen LogP) is 4.34. The third-order valence-corrected chi connectivity index (χ3v) is 5.20. The minimum Gasteiger partial charge on any atom is -0.367 e. The van der Waals surface area contributed by atoms with E-state index in [-0.39, 0.29) is 11.9 Å². The van der Waals surface area contributed by atoms with Gasteiger partial charge in [0.05, 0.1) is 6.04 Å². The van der Waals surface area contributed by atoms with Crippen molar-refractivity contribution in [2.45, 2.75) is 38.4 Å². The highest BCUT2D eigenvalue weighted by Gasteiger charge is 2.23. The van der Waals surface area contributed by atoms with Crippen LogP contribution >= 0.6 is 11.3 Å². The van der Waals surface area contributed by atoms with Gasteiger partial charge in [0.15, 0.2) is 0 Å². The Morgan fingerprint density at radius 1 is 1.33 bits per heavy atom. The molecule has 1 aliphatic rings. The zero-order valence-electron chi connectivity index (χ0n) is 12.5. The van der Waals surface area contributed by atoms with E-state index in [0.717, 1.165) is 11.3 Å². The van der Waals surface area contributed by atoms with E-state index >= 15 is 0 Å². The number of nitrogens with zero attached hydrogens (tertiary/aromatic N) is 1. The quantitative estimate of drug-likeness (QED) is 0.854. The summed E-state index contributed by atoms with van der Waals surface area (Å²) in [5.41, 5.74) is 1.75. The summed E-state index contributed by atoms with van der Waals surface area (Å²) in [6, 6.07) is 10.4. The Morgan fingerprint density at radius 2 is 2.14 bits per heavy atom. The summed E-state index contributed by atoms with van der Waals surface area (Å²) in [5, 5.41) is 5.50. The Hall–Kier alpha value is -1.39. The molecule has 1 unspecified atom stereocenters. The molecule has 0 spiro atoms. The van der Waals surface area contributed by atoms with E-state index in [2.05, 4.69) is 34.7 Å². The Morgan fingerprint density at radius 3 is 2.81 bits per heavy atom. The number of thiophene rings is 1. The minimum absolute atomic E-state index is 0.120. The SMILES string of the molecule is CC(c1cccs1)N(C)c1cccc(F)c1CNC1CC1. The molecule has 1 atom stereocenters. The molecule has 1 aromatic carbocycles. The summed E-state index contributed by atoms with van der Waals surface area (Å²) in [6.45, 7) is 2.77. The van der Waals surface area contributed by atoms with Crippen LogP contribution < -0.4 is 10.2 Å². The lowest BCUT2D eigenvalue weighted by molar-refractivity contribution is 0.583. The maximum absolute atomic E-state index is 14.2. The van der Waals surface area contributed by atoms with Crippen LogP contribution in [0.1, 0.15) is 36.2 Å². The standard InChI is InChI=1S/C17H21FN2S/c1-12(17-7-4-10-21-17)20(2)16-6-3-5-15(18)14(16)11-19-13-8-9-13/h3-7,10,12-13,19H,8-9,11H2,1-2H3. The van der Waals surface area contributed by atoms with E-state index in [9.17, 15) is 4.39 Å². The maximum atomic E-state index is 14.2. The van der Waals surface area contributed by atoms with Crippen LogP contribution in [0.4, 0.5) is 10.1 Å². The molecular formula is C17H21FN2S. The van der Waals surface area contributed by atoms with Crippen LogP contribution in [-0.2, 0) is 6.54 Å². The molecule has 0 radical (unpaired) electrons. The molecule has 1 heterocycles. The van der Waals surface area contributed by atoms with E-state index in [0.29, 0.717) is 12.6 Å². The number of hydrogen-bond acceptors (Lipinski definition) is 3. The molecule has 1 saturated carbocycles. The topological polar surface area (TPSA) is 15.3 Å². The molecule has 1 aromatic heterocycles. The lowest BCUT2D eigenvalue weighted by Gasteiger charge is -2.28. The highest BCUT2D eigenvalue weighted by molar-refractivity contribution is 7.10. The van der Waals surface area contributed by atoms with Gasteiger partial charge < -0.3 is 10.2 Å². The second-order valence-electron chi connectivity index (χ2n) is 5.69. The van der Waals surface area contributed by atoms with Gasteiger partial charge in [-0.05, 0) is 43.3 Å². The van der Waals surface area contributed by atoms with Crippen molar-refractivity contribution in [1.82, 2.24) is 5.32 Å². The molecular weight excluding hydrogens is 283 g/mol. The van der Waals surface area contributed by atoms with Crippen molar-refractivity contribution in [3.8, 4) is 0 Å². The highest BCUT2D eigenvalue weighted by Crippen LogP contribution is 2.32. The average molecular weight is 304 g/mol. The van der Waals surface area contributed by atoms with Gasteiger partial charge in [-0.15, -0.1) is 11.3 Å². The molecule has 112 valence electrons. The first kappa shape index (κ1) is 14.5. The number of benzene rings is 1. The third kappa shape index (κ3) is 3.27. The van der Waals surface area contributed by atoms with Crippen LogP contribution in [-0.4, -0.2) is 13.1 Å². The molecule has 3 rings (SSSR count). The molecule has 2 aromatic rings. The fourth-order valence-electron chi connectivity index (χ4n) is 2.52. The molecule has 21 heavy (non-hydrogen) atoms. The van der Waals surface area contributed by atoms with Gasteiger partial charge in [0, 0.05) is 35.8 Å². The number of nitrogens with one attached hydrogen (secondary N) is 1. The third-order valence-electron chi connectivity index (χ3n) is 4.15. The first-order valence-electron chi connectivity index (χ1n) is 7.44. The number of anilines is 1. The summed E-state index contributed by atoms with van der Waals surface area (Å²) in [7, 11) is 2.04. The van der Waals surface area contributed by atoms with Crippen LogP contribution in [0.3, 0.4) is 0 Å². The normalized spacial score (nSPS) is 16.0. The van der Waals surface area contributed by atoms with E-state index in [4.69, 9.17) is 0 Å². The summed E-state index contributed by atoms with van der Waals surface area (Å²) >= 11 is 1.74. The number of rotatable bonds is 6. The maximum Gasteiger partial charge on any atom is 0.129 e. The summed E-state index contributed by atoms with van der Waals surface area (Å²) in [5.74, 6) is -0.120. The fourth-order valence-corrected chi connectivity index (χ4v) is 3.34. The van der Waals surface area contributed by atoms with Crippen molar-refractivity contribution < 1.29 is 4.39 Å². The van der Waals surface area contributed by atoms with Crippen molar-refractivity contribution in [3.63, 3.8) is 0 Å². The minimum atomic E-state index is -0.120. The van der Waals surface area contributed by atoms with E-state index in [1.807, 2.05) is 13.1 Å². The Kier molecular flexibility index (Phi) is 4.27. The Balaban J connectivity index is 1.83. The zero-order chi connectivity index (χ0) is 14.8.